The molecule has 0 aliphatic heterocycles. The van der Waals surface area contributed by atoms with Gasteiger partial charge in [0.05, 0.1) is 0 Å². The summed E-state index contributed by atoms with van der Waals surface area (Å²) in [5, 5.41) is 11.5. The normalized spacial score (nSPS) is 14.3. The van der Waals surface area contributed by atoms with Crippen LogP contribution in [0.5, 0.6) is 0 Å². The second-order valence-corrected chi connectivity index (χ2v) is 5.67. The van der Waals surface area contributed by atoms with Crippen LogP contribution in [0.3, 0.4) is 0 Å². The van der Waals surface area contributed by atoms with E-state index >= 15 is 0 Å². The fraction of sp³-hybridized carbons (Fsp3) is 0.643. The van der Waals surface area contributed by atoms with Gasteiger partial charge in [-0.2, -0.15) is 13.2 Å². The van der Waals surface area contributed by atoms with Gasteiger partial charge in [-0.3, -0.25) is 4.98 Å². The third kappa shape index (κ3) is 5.88. The van der Waals surface area contributed by atoms with Crippen LogP contribution in [0.4, 0.5) is 13.2 Å². The van der Waals surface area contributed by atoms with E-state index < -0.39 is 12.2 Å². The van der Waals surface area contributed by atoms with Gasteiger partial charge in [0.1, 0.15) is 6.04 Å². The van der Waals surface area contributed by atoms with Gasteiger partial charge in [-0.25, -0.2) is 0 Å². The number of alkyl halides is 3. The van der Waals surface area contributed by atoms with Crippen LogP contribution in [-0.2, 0) is 6.42 Å². The minimum atomic E-state index is -4.31. The van der Waals surface area contributed by atoms with Crippen molar-refractivity contribution in [1.82, 2.24) is 10.3 Å². The first-order valence-electron chi connectivity index (χ1n) is 6.54. The molecule has 3 nitrogen and oxygen atoms in total. The second kappa shape index (κ2) is 7.04. The van der Waals surface area contributed by atoms with Gasteiger partial charge < -0.3 is 10.4 Å². The largest absolute Gasteiger partial charge is 0.404 e. The Labute approximate surface area is 117 Å². The molecular weight excluding hydrogens is 269 g/mol. The molecule has 0 spiro atoms. The highest BCUT2D eigenvalue weighted by atomic mass is 19.4. The smallest absolute Gasteiger partial charge is 0.396 e. The number of aliphatic hydroxyl groups excluding tert-OH is 1. The third-order valence-electron chi connectivity index (χ3n) is 3.20. The number of nitrogens with one attached hydrogen (secondary N) is 1. The van der Waals surface area contributed by atoms with Gasteiger partial charge in [0.2, 0.25) is 0 Å². The van der Waals surface area contributed by atoms with Gasteiger partial charge in [-0.05, 0) is 36.0 Å². The molecule has 6 heteroatoms. The van der Waals surface area contributed by atoms with E-state index in [-0.39, 0.29) is 25.0 Å². The minimum Gasteiger partial charge on any atom is -0.396 e. The first kappa shape index (κ1) is 16.9. The van der Waals surface area contributed by atoms with E-state index in [4.69, 9.17) is 5.11 Å². The molecule has 0 saturated carbocycles. The van der Waals surface area contributed by atoms with E-state index in [0.717, 1.165) is 0 Å². The summed E-state index contributed by atoms with van der Waals surface area (Å²) in [6, 6.07) is 1.57. The molecule has 0 radical (unpaired) electrons. The van der Waals surface area contributed by atoms with Crippen molar-refractivity contribution in [3.05, 3.63) is 30.1 Å². The Balaban J connectivity index is 2.67. The zero-order valence-corrected chi connectivity index (χ0v) is 11.7. The van der Waals surface area contributed by atoms with Crippen molar-refractivity contribution in [2.45, 2.75) is 38.9 Å². The summed E-state index contributed by atoms with van der Waals surface area (Å²) in [6.45, 7) is 3.82. The van der Waals surface area contributed by atoms with Crippen molar-refractivity contribution in [1.29, 1.82) is 0 Å². The van der Waals surface area contributed by atoms with Crippen molar-refractivity contribution in [3.8, 4) is 0 Å². The maximum atomic E-state index is 13.0. The molecule has 1 aromatic heterocycles. The Morgan fingerprint density at radius 3 is 2.35 bits per heavy atom. The third-order valence-corrected chi connectivity index (χ3v) is 3.20. The second-order valence-electron chi connectivity index (χ2n) is 5.67. The van der Waals surface area contributed by atoms with Crippen LogP contribution in [0.1, 0.15) is 25.8 Å². The van der Waals surface area contributed by atoms with E-state index in [2.05, 4.69) is 10.3 Å². The molecule has 1 unspecified atom stereocenters. The van der Waals surface area contributed by atoms with Gasteiger partial charge in [-0.15, -0.1) is 0 Å². The lowest BCUT2D eigenvalue weighted by Crippen LogP contribution is -2.47. The van der Waals surface area contributed by atoms with Gasteiger partial charge in [0.25, 0.3) is 0 Å². The first-order valence-corrected chi connectivity index (χ1v) is 6.54. The predicted molar refractivity (Wildman–Crippen MR) is 71.3 cm³/mol. The van der Waals surface area contributed by atoms with Crippen molar-refractivity contribution >= 4 is 0 Å². The Kier molecular flexibility index (Phi) is 5.95. The Hall–Kier alpha value is -1.14. The molecule has 2 N–H and O–H groups in total. The van der Waals surface area contributed by atoms with E-state index in [9.17, 15) is 13.2 Å². The molecule has 20 heavy (non-hydrogen) atoms. The van der Waals surface area contributed by atoms with Crippen LogP contribution in [0.25, 0.3) is 0 Å². The molecule has 0 amide bonds. The zero-order chi connectivity index (χ0) is 15.2. The van der Waals surface area contributed by atoms with Crippen molar-refractivity contribution in [2.24, 2.45) is 5.41 Å². The first-order chi connectivity index (χ1) is 9.24. The van der Waals surface area contributed by atoms with E-state index in [1.807, 2.05) is 13.8 Å². The zero-order valence-electron chi connectivity index (χ0n) is 11.7. The maximum absolute atomic E-state index is 13.0. The van der Waals surface area contributed by atoms with Gasteiger partial charge in [-0.1, -0.05) is 13.8 Å². The average Bonchev–Trinajstić information content (AvgIpc) is 2.34. The number of aromatic nitrogens is 1. The van der Waals surface area contributed by atoms with Gasteiger partial charge >= 0.3 is 6.18 Å². The summed E-state index contributed by atoms with van der Waals surface area (Å²) >= 11 is 0. The standard InChI is InChI=1S/C14H21F3N2O/c1-13(2,5-8-20)10-19-12(14(15,16)17)9-11-3-6-18-7-4-11/h3-4,6-7,12,19-20H,5,8-10H2,1-2H3. The summed E-state index contributed by atoms with van der Waals surface area (Å²) in [5.74, 6) is 0. The fourth-order valence-electron chi connectivity index (χ4n) is 1.85. The summed E-state index contributed by atoms with van der Waals surface area (Å²) in [7, 11) is 0. The monoisotopic (exact) mass is 290 g/mol. The van der Waals surface area contributed by atoms with Crippen LogP contribution < -0.4 is 5.32 Å². The summed E-state index contributed by atoms with van der Waals surface area (Å²) in [5.41, 5.74) is 0.214. The lowest BCUT2D eigenvalue weighted by Gasteiger charge is -2.29. The van der Waals surface area contributed by atoms with Crippen LogP contribution in [0.2, 0.25) is 0 Å². The number of halogens is 3. The fourth-order valence-corrected chi connectivity index (χ4v) is 1.85. The Bertz CT molecular complexity index is 393. The Morgan fingerprint density at radius 2 is 1.85 bits per heavy atom. The highest BCUT2D eigenvalue weighted by Crippen LogP contribution is 2.25. The van der Waals surface area contributed by atoms with E-state index in [1.165, 1.54) is 12.4 Å². The molecular formula is C14H21F3N2O. The van der Waals surface area contributed by atoms with Crippen molar-refractivity contribution in [3.63, 3.8) is 0 Å². The molecule has 114 valence electrons. The molecule has 0 bridgehead atoms. The molecule has 0 fully saturated rings. The van der Waals surface area contributed by atoms with Crippen LogP contribution >= 0.6 is 0 Å². The molecule has 0 aliphatic rings. The molecule has 0 saturated heterocycles. The van der Waals surface area contributed by atoms with Crippen LogP contribution in [-0.4, -0.2) is 35.5 Å². The SMILES string of the molecule is CC(C)(CCO)CNC(Cc1ccncc1)C(F)(F)F. The van der Waals surface area contributed by atoms with Crippen molar-refractivity contribution in [2.75, 3.05) is 13.2 Å². The molecule has 0 aliphatic carbocycles. The number of hydrogen-bond donors (Lipinski definition) is 2. The number of pyridine rings is 1. The van der Waals surface area contributed by atoms with Crippen molar-refractivity contribution < 1.29 is 18.3 Å². The topological polar surface area (TPSA) is 45.1 Å². The molecule has 1 atom stereocenters. The number of rotatable bonds is 7. The predicted octanol–water partition coefficient (Wildman–Crippen LogP) is 2.55. The van der Waals surface area contributed by atoms with Crippen LogP contribution in [0, 0.1) is 5.41 Å². The number of nitrogens with zero attached hydrogens (tertiary/aromatic N) is 1. The van der Waals surface area contributed by atoms with E-state index in [1.54, 1.807) is 12.1 Å². The summed E-state index contributed by atoms with van der Waals surface area (Å²) in [6.07, 6.45) is -1.00. The molecule has 1 rings (SSSR count). The lowest BCUT2D eigenvalue weighted by atomic mass is 9.89. The highest BCUT2D eigenvalue weighted by molar-refractivity contribution is 5.12. The quantitative estimate of drug-likeness (QED) is 0.811. The number of hydrogen-bond acceptors (Lipinski definition) is 3. The molecule has 0 aromatic carbocycles. The minimum absolute atomic E-state index is 0.0320. The van der Waals surface area contributed by atoms with Crippen LogP contribution in [0.15, 0.2) is 24.5 Å². The average molecular weight is 290 g/mol. The lowest BCUT2D eigenvalue weighted by molar-refractivity contribution is -0.156. The van der Waals surface area contributed by atoms with Gasteiger partial charge in [0, 0.05) is 25.5 Å². The molecule has 1 heterocycles. The van der Waals surface area contributed by atoms with E-state index in [0.29, 0.717) is 12.0 Å². The van der Waals surface area contributed by atoms with Gasteiger partial charge in [0.15, 0.2) is 0 Å². The number of aliphatic hydroxyl groups is 1. The molecule has 1 aromatic rings. The summed E-state index contributed by atoms with van der Waals surface area (Å²) in [4.78, 5) is 3.80. The maximum Gasteiger partial charge on any atom is 0.404 e. The highest BCUT2D eigenvalue weighted by Gasteiger charge is 2.39. The summed E-state index contributed by atoms with van der Waals surface area (Å²) < 4.78 is 39.1. The Morgan fingerprint density at radius 1 is 1.25 bits per heavy atom.